The van der Waals surface area contributed by atoms with Crippen LogP contribution >= 0.6 is 0 Å². The van der Waals surface area contributed by atoms with Crippen molar-refractivity contribution in [2.24, 2.45) is 0 Å². The first-order valence-electron chi connectivity index (χ1n) is 11.1. The maximum atomic E-state index is 14.2. The van der Waals surface area contributed by atoms with Crippen LogP contribution in [0.4, 0.5) is 13.2 Å². The summed E-state index contributed by atoms with van der Waals surface area (Å²) < 4.78 is 64.0. The summed E-state index contributed by atoms with van der Waals surface area (Å²) in [5.74, 6) is -2.14. The molecular weight excluding hydrogens is 441 g/mol. The van der Waals surface area contributed by atoms with Gasteiger partial charge in [-0.05, 0) is 39.0 Å². The fraction of sp³-hybridized carbons (Fsp3) is 0.583. The highest BCUT2D eigenvalue weighted by Gasteiger charge is 2.64. The molecule has 1 saturated heterocycles. The Labute approximate surface area is 191 Å². The number of carbonyl (C=O) groups excluding carboxylic acids is 2. The third kappa shape index (κ3) is 5.76. The minimum absolute atomic E-state index is 0.232. The molecule has 2 aliphatic heterocycles. The van der Waals surface area contributed by atoms with E-state index in [0.29, 0.717) is 12.8 Å². The molecule has 0 radical (unpaired) electrons. The lowest BCUT2D eigenvalue weighted by atomic mass is 9.92. The van der Waals surface area contributed by atoms with Gasteiger partial charge in [-0.1, -0.05) is 42.5 Å². The van der Waals surface area contributed by atoms with Crippen LogP contribution in [0, 0.1) is 0 Å². The van der Waals surface area contributed by atoms with Crippen LogP contribution in [0.25, 0.3) is 0 Å². The maximum absolute atomic E-state index is 14.2. The summed E-state index contributed by atoms with van der Waals surface area (Å²) in [7, 11) is 0.814. The first-order valence-corrected chi connectivity index (χ1v) is 11.1. The van der Waals surface area contributed by atoms with Crippen molar-refractivity contribution >= 4 is 11.9 Å². The molecule has 0 saturated carbocycles. The average Bonchev–Trinajstić information content (AvgIpc) is 2.75. The zero-order chi connectivity index (χ0) is 24.1. The molecule has 0 spiro atoms. The van der Waals surface area contributed by atoms with E-state index in [1.807, 2.05) is 12.2 Å². The normalized spacial score (nSPS) is 29.5. The maximum Gasteiger partial charge on any atom is 0.432 e. The molecule has 0 amide bonds. The van der Waals surface area contributed by atoms with E-state index >= 15 is 0 Å². The quantitative estimate of drug-likeness (QED) is 0.473. The minimum atomic E-state index is -5.08. The molecular formula is C24H29F3O6. The van der Waals surface area contributed by atoms with E-state index in [-0.39, 0.29) is 25.0 Å². The lowest BCUT2D eigenvalue weighted by Crippen LogP contribution is -2.54. The van der Waals surface area contributed by atoms with Gasteiger partial charge in [0.1, 0.15) is 12.2 Å². The molecule has 0 unspecified atom stereocenters. The van der Waals surface area contributed by atoms with Gasteiger partial charge in [-0.25, -0.2) is 4.79 Å². The van der Waals surface area contributed by atoms with Crippen molar-refractivity contribution < 1.29 is 41.7 Å². The predicted octanol–water partition coefficient (Wildman–Crippen LogP) is 4.61. The number of allylic oxidation sites excluding steroid dienone is 1. The number of alkyl halides is 3. The van der Waals surface area contributed by atoms with Gasteiger partial charge < -0.3 is 18.9 Å². The van der Waals surface area contributed by atoms with Crippen molar-refractivity contribution in [3.63, 3.8) is 0 Å². The van der Waals surface area contributed by atoms with Crippen molar-refractivity contribution in [3.05, 3.63) is 48.0 Å². The van der Waals surface area contributed by atoms with Crippen LogP contribution in [0.15, 0.2) is 42.5 Å². The molecule has 0 aliphatic carbocycles. The Kier molecular flexibility index (Phi) is 8.18. The zero-order valence-electron chi connectivity index (χ0n) is 18.7. The van der Waals surface area contributed by atoms with E-state index in [4.69, 9.17) is 18.9 Å². The highest BCUT2D eigenvalue weighted by Crippen LogP contribution is 2.43. The van der Waals surface area contributed by atoms with Gasteiger partial charge in [-0.15, -0.1) is 0 Å². The van der Waals surface area contributed by atoms with Crippen molar-refractivity contribution in [2.75, 3.05) is 7.11 Å². The molecule has 1 aromatic rings. The van der Waals surface area contributed by atoms with Gasteiger partial charge in [0.05, 0.1) is 18.6 Å². The van der Waals surface area contributed by atoms with E-state index < -0.39 is 41.5 Å². The van der Waals surface area contributed by atoms with Gasteiger partial charge in [0.15, 0.2) is 0 Å². The monoisotopic (exact) mass is 470 g/mol. The van der Waals surface area contributed by atoms with Crippen LogP contribution in [0.3, 0.4) is 0 Å². The number of ether oxygens (including phenoxy) is 4. The Bertz CT molecular complexity index is 840. The third-order valence-electron chi connectivity index (χ3n) is 5.96. The summed E-state index contributed by atoms with van der Waals surface area (Å²) in [4.78, 5) is 25.4. The third-order valence-corrected chi connectivity index (χ3v) is 5.96. The van der Waals surface area contributed by atoms with E-state index in [0.717, 1.165) is 32.1 Å². The van der Waals surface area contributed by atoms with Gasteiger partial charge in [0.2, 0.25) is 0 Å². The summed E-state index contributed by atoms with van der Waals surface area (Å²) in [5.41, 5.74) is -3.69. The Balaban J connectivity index is 1.86. The van der Waals surface area contributed by atoms with Crippen LogP contribution in [0.1, 0.15) is 51.0 Å². The molecule has 6 nitrogen and oxygen atoms in total. The van der Waals surface area contributed by atoms with Gasteiger partial charge >= 0.3 is 18.1 Å². The molecule has 182 valence electrons. The lowest BCUT2D eigenvalue weighted by molar-refractivity contribution is -0.281. The van der Waals surface area contributed by atoms with Crippen molar-refractivity contribution in [1.82, 2.24) is 0 Å². The Morgan fingerprint density at radius 2 is 1.85 bits per heavy atom. The second-order valence-electron chi connectivity index (χ2n) is 8.35. The second-order valence-corrected chi connectivity index (χ2v) is 8.35. The first-order chi connectivity index (χ1) is 15.7. The topological polar surface area (TPSA) is 71.1 Å². The molecule has 9 heteroatoms. The number of halogens is 3. The van der Waals surface area contributed by atoms with Crippen molar-refractivity contribution in [1.29, 1.82) is 0 Å². The minimum Gasteiger partial charge on any atom is -0.463 e. The molecule has 0 aromatic heterocycles. The average molecular weight is 470 g/mol. The number of hydrogen-bond acceptors (Lipinski definition) is 6. The SMILES string of the molecule is CO[C@](C(=O)O[C@H]1CC[C@@H]2/C=C\CCC[C@@H](C)OC(=O)C[C@@H]1O2)(c1ccccc1)C(F)(F)F. The largest absolute Gasteiger partial charge is 0.463 e. The van der Waals surface area contributed by atoms with Crippen LogP contribution in [-0.2, 0) is 34.1 Å². The summed E-state index contributed by atoms with van der Waals surface area (Å²) >= 11 is 0. The van der Waals surface area contributed by atoms with Gasteiger partial charge in [0, 0.05) is 12.7 Å². The van der Waals surface area contributed by atoms with Crippen LogP contribution < -0.4 is 0 Å². The molecule has 0 N–H and O–H groups in total. The lowest BCUT2D eigenvalue weighted by Gasteiger charge is -2.38. The molecule has 3 rings (SSSR count). The fourth-order valence-electron chi connectivity index (χ4n) is 4.22. The smallest absolute Gasteiger partial charge is 0.432 e. The van der Waals surface area contributed by atoms with Gasteiger partial charge in [0.25, 0.3) is 5.60 Å². The van der Waals surface area contributed by atoms with E-state index in [2.05, 4.69) is 0 Å². The molecule has 5 atom stereocenters. The summed E-state index contributed by atoms with van der Waals surface area (Å²) in [6.45, 7) is 1.78. The molecule has 1 aromatic carbocycles. The van der Waals surface area contributed by atoms with Crippen LogP contribution in [-0.4, -0.2) is 49.6 Å². The first kappa shape index (κ1) is 25.2. The molecule has 2 heterocycles. The number of hydrogen-bond donors (Lipinski definition) is 0. The Morgan fingerprint density at radius 1 is 1.12 bits per heavy atom. The number of carbonyl (C=O) groups is 2. The van der Waals surface area contributed by atoms with Crippen LogP contribution in [0.5, 0.6) is 0 Å². The molecule has 33 heavy (non-hydrogen) atoms. The molecule has 2 aliphatic rings. The van der Waals surface area contributed by atoms with Crippen molar-refractivity contribution in [2.45, 2.75) is 81.6 Å². The molecule has 1 fully saturated rings. The number of fused-ring (bicyclic) bond motifs is 2. The number of esters is 2. The van der Waals surface area contributed by atoms with Crippen molar-refractivity contribution in [3.8, 4) is 0 Å². The number of cyclic esters (lactones) is 1. The summed E-state index contributed by atoms with van der Waals surface area (Å²) in [6, 6.07) is 6.61. The Hall–Kier alpha value is -2.39. The predicted molar refractivity (Wildman–Crippen MR) is 112 cm³/mol. The van der Waals surface area contributed by atoms with Gasteiger partial charge in [-0.3, -0.25) is 4.79 Å². The number of methoxy groups -OCH3 is 1. The van der Waals surface area contributed by atoms with E-state index in [1.165, 1.54) is 18.2 Å². The Morgan fingerprint density at radius 3 is 2.52 bits per heavy atom. The van der Waals surface area contributed by atoms with E-state index in [1.54, 1.807) is 6.92 Å². The summed E-state index contributed by atoms with van der Waals surface area (Å²) in [5, 5.41) is 0. The standard InChI is InChI=1S/C24H29F3O6/c1-16-9-5-3-8-12-18-13-14-19(20(32-18)15-21(28)31-16)33-22(29)23(30-2,24(25,26)27)17-10-6-4-7-11-17/h4,6-8,10-12,16,18-20H,3,5,9,13-15H2,1-2H3/b12-8-/t16-,18+,19+,20+,23+/m1/s1. The van der Waals surface area contributed by atoms with E-state index in [9.17, 15) is 22.8 Å². The highest BCUT2D eigenvalue weighted by atomic mass is 19.4. The zero-order valence-corrected chi connectivity index (χ0v) is 18.7. The summed E-state index contributed by atoms with van der Waals surface area (Å²) in [6.07, 6.45) is -1.02. The fourth-order valence-corrected chi connectivity index (χ4v) is 4.22. The number of benzene rings is 1. The second kappa shape index (κ2) is 10.7. The highest BCUT2D eigenvalue weighted by molar-refractivity contribution is 5.83. The van der Waals surface area contributed by atoms with Crippen LogP contribution in [0.2, 0.25) is 0 Å². The number of rotatable bonds is 4. The molecule has 2 bridgehead atoms. The van der Waals surface area contributed by atoms with Gasteiger partial charge in [-0.2, -0.15) is 13.2 Å².